The highest BCUT2D eigenvalue weighted by Crippen LogP contribution is 2.29. The number of halogens is 5. The van der Waals surface area contributed by atoms with Crippen LogP contribution in [0.2, 0.25) is 0 Å². The van der Waals surface area contributed by atoms with Crippen LogP contribution in [0.5, 0.6) is 11.5 Å². The summed E-state index contributed by atoms with van der Waals surface area (Å²) < 4.78 is 83.1. The van der Waals surface area contributed by atoms with Crippen molar-refractivity contribution in [3.8, 4) is 11.5 Å². The summed E-state index contributed by atoms with van der Waals surface area (Å²) in [5.41, 5.74) is 2.30. The minimum Gasteiger partial charge on any atom is -0.489 e. The molecule has 0 radical (unpaired) electrons. The van der Waals surface area contributed by atoms with Gasteiger partial charge in [-0.1, -0.05) is 42.5 Å². The van der Waals surface area contributed by atoms with Gasteiger partial charge in [-0.2, -0.15) is 8.78 Å². The molecule has 0 heterocycles. The quantitative estimate of drug-likeness (QED) is 0.170. The van der Waals surface area contributed by atoms with Crippen molar-refractivity contribution in [3.05, 3.63) is 94.8 Å². The Morgan fingerprint density at radius 2 is 1.34 bits per heavy atom. The van der Waals surface area contributed by atoms with E-state index in [9.17, 15) is 31.5 Å². The summed E-state index contributed by atoms with van der Waals surface area (Å²) in [5, 5.41) is 0.611. The summed E-state index contributed by atoms with van der Waals surface area (Å²) in [7, 11) is 0. The number of hydrogen-bond acceptors (Lipinski definition) is 5. The second-order valence-electron chi connectivity index (χ2n) is 8.89. The number of hydrazine groups is 1. The molecule has 3 aromatic rings. The molecule has 0 fully saturated rings. The van der Waals surface area contributed by atoms with Gasteiger partial charge < -0.3 is 14.2 Å². The zero-order valence-electron chi connectivity index (χ0n) is 20.5. The zero-order valence-corrected chi connectivity index (χ0v) is 20.5. The predicted octanol–water partition coefficient (Wildman–Crippen LogP) is 6.40. The molecule has 1 N–H and O–H groups in total. The second kappa shape index (κ2) is 11.8. The minimum absolute atomic E-state index is 0.315. The topological polar surface area (TPSA) is 77.1 Å². The van der Waals surface area contributed by atoms with Gasteiger partial charge in [-0.25, -0.2) is 33.2 Å². The molecule has 0 aliphatic heterocycles. The van der Waals surface area contributed by atoms with Gasteiger partial charge in [-0.15, -0.1) is 0 Å². The number of carbonyl (C=O) groups is 2. The van der Waals surface area contributed by atoms with Crippen LogP contribution in [0, 0.1) is 29.1 Å². The number of hydrogen-bond donors (Lipinski definition) is 1. The molecule has 0 saturated carbocycles. The Morgan fingerprint density at radius 1 is 0.789 bits per heavy atom. The highest BCUT2D eigenvalue weighted by atomic mass is 19.2. The van der Waals surface area contributed by atoms with Gasteiger partial charge in [0.15, 0.2) is 0 Å². The van der Waals surface area contributed by atoms with E-state index in [4.69, 9.17) is 9.47 Å². The van der Waals surface area contributed by atoms with Crippen LogP contribution in [-0.4, -0.2) is 22.8 Å². The van der Waals surface area contributed by atoms with Crippen LogP contribution in [0.1, 0.15) is 31.9 Å². The van der Waals surface area contributed by atoms with E-state index in [-0.39, 0.29) is 6.54 Å². The van der Waals surface area contributed by atoms with Crippen LogP contribution in [0.4, 0.5) is 31.5 Å². The number of carbonyl (C=O) groups excluding carboxylic acids is 2. The van der Waals surface area contributed by atoms with Crippen molar-refractivity contribution in [1.82, 2.24) is 10.4 Å². The lowest BCUT2D eigenvalue weighted by Crippen LogP contribution is -2.48. The van der Waals surface area contributed by atoms with E-state index in [2.05, 4.69) is 4.74 Å². The Bertz CT molecular complexity index is 1270. The van der Waals surface area contributed by atoms with Gasteiger partial charge in [0, 0.05) is 0 Å². The molecule has 7 nitrogen and oxygen atoms in total. The van der Waals surface area contributed by atoms with Crippen LogP contribution in [-0.2, 0) is 17.9 Å². The van der Waals surface area contributed by atoms with Crippen LogP contribution in [0.15, 0.2) is 54.6 Å². The largest absolute Gasteiger partial charge is 0.489 e. The van der Waals surface area contributed by atoms with Gasteiger partial charge >= 0.3 is 12.2 Å². The summed E-state index contributed by atoms with van der Waals surface area (Å²) in [4.78, 5) is 24.9. The monoisotopic (exact) mass is 538 g/mol. The molecule has 12 heteroatoms. The number of nitrogens with one attached hydrogen (secondary N) is 1. The van der Waals surface area contributed by atoms with E-state index in [1.807, 2.05) is 35.8 Å². The molecule has 0 aliphatic rings. The first-order chi connectivity index (χ1) is 17.9. The second-order valence-corrected chi connectivity index (χ2v) is 8.89. The first-order valence-corrected chi connectivity index (χ1v) is 11.1. The maximum atomic E-state index is 13.9. The molecule has 202 valence electrons. The van der Waals surface area contributed by atoms with Gasteiger partial charge in [-0.3, -0.25) is 0 Å². The van der Waals surface area contributed by atoms with E-state index in [0.29, 0.717) is 22.9 Å². The standard InChI is InChI=1S/C26H23F5N2O5/c1-26(2,3)38-25(35)33(32-24(34)37-23-21(30)19(28)18(27)20(29)22(23)31)13-15-9-11-17(12-10-15)36-14-16-7-5-4-6-8-16/h4-12H,13-14H2,1-3H3,(H,32,34). The molecule has 38 heavy (non-hydrogen) atoms. The van der Waals surface area contributed by atoms with Crippen molar-refractivity contribution in [2.45, 2.75) is 39.5 Å². The van der Waals surface area contributed by atoms with E-state index >= 15 is 0 Å². The van der Waals surface area contributed by atoms with E-state index in [0.717, 1.165) is 5.56 Å². The third-order valence-electron chi connectivity index (χ3n) is 4.72. The van der Waals surface area contributed by atoms with Gasteiger partial charge in [0.25, 0.3) is 0 Å². The normalized spacial score (nSPS) is 11.1. The predicted molar refractivity (Wildman–Crippen MR) is 124 cm³/mol. The number of benzene rings is 3. The molecule has 0 saturated heterocycles. The first kappa shape index (κ1) is 28.2. The lowest BCUT2D eigenvalue weighted by Gasteiger charge is -2.27. The maximum absolute atomic E-state index is 13.9. The molecule has 3 rings (SSSR count). The average molecular weight is 538 g/mol. The van der Waals surface area contributed by atoms with Crippen molar-refractivity contribution in [2.75, 3.05) is 0 Å². The molecule has 3 aromatic carbocycles. The van der Waals surface area contributed by atoms with Crippen LogP contribution in [0.3, 0.4) is 0 Å². The van der Waals surface area contributed by atoms with Gasteiger partial charge in [0.05, 0.1) is 6.54 Å². The molecular formula is C26H23F5N2O5. The highest BCUT2D eigenvalue weighted by Gasteiger charge is 2.30. The summed E-state index contributed by atoms with van der Waals surface area (Å²) in [5.74, 6) is -13.0. The number of rotatable bonds is 6. The number of amides is 2. The minimum atomic E-state index is -2.42. The molecule has 0 aromatic heterocycles. The third-order valence-corrected chi connectivity index (χ3v) is 4.72. The molecular weight excluding hydrogens is 515 g/mol. The molecule has 0 unspecified atom stereocenters. The van der Waals surface area contributed by atoms with Gasteiger partial charge in [0.1, 0.15) is 18.0 Å². The average Bonchev–Trinajstić information content (AvgIpc) is 2.87. The zero-order chi connectivity index (χ0) is 28.0. The van der Waals surface area contributed by atoms with Crippen molar-refractivity contribution >= 4 is 12.2 Å². The summed E-state index contributed by atoms with van der Waals surface area (Å²) in [6.45, 7) is 4.65. The Hall–Kier alpha value is -4.35. The molecule has 2 amide bonds. The Balaban J connectivity index is 1.74. The first-order valence-electron chi connectivity index (χ1n) is 11.1. The Morgan fingerprint density at radius 3 is 1.89 bits per heavy atom. The third kappa shape index (κ3) is 7.34. The summed E-state index contributed by atoms with van der Waals surface area (Å²) >= 11 is 0. The Labute approximate surface area is 214 Å². The van der Waals surface area contributed by atoms with E-state index in [1.165, 1.54) is 0 Å². The fourth-order valence-corrected chi connectivity index (χ4v) is 2.98. The maximum Gasteiger partial charge on any atom is 0.431 e. The van der Waals surface area contributed by atoms with Gasteiger partial charge in [0.2, 0.25) is 34.8 Å². The fraction of sp³-hybridized carbons (Fsp3) is 0.231. The van der Waals surface area contributed by atoms with E-state index < -0.39 is 52.6 Å². The lowest BCUT2D eigenvalue weighted by atomic mass is 10.2. The number of nitrogens with zero attached hydrogens (tertiary/aromatic N) is 1. The molecule has 0 atom stereocenters. The van der Waals surface area contributed by atoms with Gasteiger partial charge in [-0.05, 0) is 44.0 Å². The fourth-order valence-electron chi connectivity index (χ4n) is 2.98. The van der Waals surface area contributed by atoms with Crippen LogP contribution < -0.4 is 14.9 Å². The molecule has 0 bridgehead atoms. The van der Waals surface area contributed by atoms with Crippen molar-refractivity contribution in [2.24, 2.45) is 0 Å². The van der Waals surface area contributed by atoms with E-state index in [1.54, 1.807) is 45.0 Å². The molecule has 0 spiro atoms. The van der Waals surface area contributed by atoms with Crippen molar-refractivity contribution < 1.29 is 45.8 Å². The summed E-state index contributed by atoms with van der Waals surface area (Å²) in [6, 6.07) is 15.8. The SMILES string of the molecule is CC(C)(C)OC(=O)N(Cc1ccc(OCc2ccccc2)cc1)NC(=O)Oc1c(F)c(F)c(F)c(F)c1F. The van der Waals surface area contributed by atoms with Crippen LogP contribution >= 0.6 is 0 Å². The summed E-state index contributed by atoms with van der Waals surface area (Å²) in [6.07, 6.45) is -2.79. The van der Waals surface area contributed by atoms with Crippen molar-refractivity contribution in [1.29, 1.82) is 0 Å². The van der Waals surface area contributed by atoms with Crippen LogP contribution in [0.25, 0.3) is 0 Å². The lowest BCUT2D eigenvalue weighted by molar-refractivity contribution is 0.0125. The smallest absolute Gasteiger partial charge is 0.431 e. The highest BCUT2D eigenvalue weighted by molar-refractivity contribution is 5.75. The molecule has 0 aliphatic carbocycles. The Kier molecular flexibility index (Phi) is 8.76. The number of ether oxygens (including phenoxy) is 3. The van der Waals surface area contributed by atoms with Crippen molar-refractivity contribution in [3.63, 3.8) is 0 Å².